The van der Waals surface area contributed by atoms with Crippen molar-refractivity contribution in [2.45, 2.75) is 10.8 Å². The fourth-order valence-corrected chi connectivity index (χ4v) is 13.2. The second-order valence-corrected chi connectivity index (χ2v) is 20.1. The summed E-state index contributed by atoms with van der Waals surface area (Å²) < 4.78 is 1.31. The van der Waals surface area contributed by atoms with Crippen LogP contribution in [0.25, 0.3) is 54.6 Å². The third-order valence-electron chi connectivity index (χ3n) is 15.5. The molecule has 1 aromatic heterocycles. The molecule has 0 atom stereocenters. The molecule has 14 rings (SSSR count). The minimum atomic E-state index is -0.469. The van der Waals surface area contributed by atoms with Gasteiger partial charge in [-0.1, -0.05) is 218 Å². The van der Waals surface area contributed by atoms with E-state index in [9.17, 15) is 0 Å². The first kappa shape index (κ1) is 42.1. The Bertz CT molecular complexity index is 3870. The Morgan fingerprint density at radius 2 is 0.639 bits per heavy atom. The molecule has 12 aromatic rings. The van der Waals surface area contributed by atoms with Gasteiger partial charge in [-0.25, -0.2) is 0 Å². The van der Waals surface area contributed by atoms with E-state index in [-0.39, 0.29) is 0 Å². The van der Waals surface area contributed by atoms with E-state index in [2.05, 4.69) is 289 Å². The number of benzene rings is 11. The first-order chi connectivity index (χ1) is 35.7. The van der Waals surface area contributed by atoms with Crippen LogP contribution in [-0.2, 0) is 10.8 Å². The Morgan fingerprint density at radius 1 is 0.264 bits per heavy atom. The van der Waals surface area contributed by atoms with Crippen molar-refractivity contribution in [2.24, 2.45) is 0 Å². The predicted molar refractivity (Wildman–Crippen MR) is 302 cm³/mol. The summed E-state index contributed by atoms with van der Waals surface area (Å²) in [5, 5.41) is 3.45. The third kappa shape index (κ3) is 6.39. The monoisotopic (exact) mass is 933 g/mol. The highest BCUT2D eigenvalue weighted by molar-refractivity contribution is 7.17. The van der Waals surface area contributed by atoms with E-state index < -0.39 is 10.8 Å². The molecule has 1 nitrogen and oxygen atoms in total. The van der Waals surface area contributed by atoms with Crippen LogP contribution in [0.15, 0.2) is 284 Å². The number of hydrogen-bond acceptors (Lipinski definition) is 2. The molecule has 1 heterocycles. The number of anilines is 3. The molecule has 0 saturated heterocycles. The lowest BCUT2D eigenvalue weighted by molar-refractivity contribution is 0.768. The van der Waals surface area contributed by atoms with Crippen LogP contribution in [0, 0.1) is 0 Å². The summed E-state index contributed by atoms with van der Waals surface area (Å²) in [5.74, 6) is 0. The zero-order valence-corrected chi connectivity index (χ0v) is 40.3. The highest BCUT2D eigenvalue weighted by atomic mass is 32.1. The molecule has 0 fully saturated rings. The zero-order valence-electron chi connectivity index (χ0n) is 39.5. The van der Waals surface area contributed by atoms with E-state index in [4.69, 9.17) is 0 Å². The zero-order chi connectivity index (χ0) is 47.6. The van der Waals surface area contributed by atoms with Gasteiger partial charge in [0.2, 0.25) is 0 Å². The molecular weight excluding hydrogens is 887 g/mol. The minimum Gasteiger partial charge on any atom is -0.310 e. The molecule has 0 N–H and O–H groups in total. The summed E-state index contributed by atoms with van der Waals surface area (Å²) in [6, 6.07) is 104. The highest BCUT2D eigenvalue weighted by Crippen LogP contribution is 2.59. The number of hydrogen-bond donors (Lipinski definition) is 0. The van der Waals surface area contributed by atoms with Crippen molar-refractivity contribution in [3.8, 4) is 44.5 Å². The van der Waals surface area contributed by atoms with Gasteiger partial charge < -0.3 is 4.90 Å². The Kier molecular flexibility index (Phi) is 9.91. The van der Waals surface area contributed by atoms with Gasteiger partial charge in [0.1, 0.15) is 0 Å². The van der Waals surface area contributed by atoms with Crippen LogP contribution in [0.3, 0.4) is 0 Å². The van der Waals surface area contributed by atoms with Gasteiger partial charge in [-0.15, -0.1) is 11.3 Å². The normalized spacial score (nSPS) is 13.5. The van der Waals surface area contributed by atoms with Crippen molar-refractivity contribution in [3.05, 3.63) is 329 Å². The van der Waals surface area contributed by atoms with Gasteiger partial charge >= 0.3 is 0 Å². The lowest BCUT2D eigenvalue weighted by Crippen LogP contribution is -2.28. The van der Waals surface area contributed by atoms with E-state index in [1.54, 1.807) is 11.3 Å². The molecular formula is C70H47NS. The van der Waals surface area contributed by atoms with Crippen LogP contribution in [0.1, 0.15) is 44.5 Å². The molecule has 0 radical (unpaired) electrons. The Labute approximate surface area is 425 Å². The molecule has 2 heteroatoms. The van der Waals surface area contributed by atoms with Gasteiger partial charge in [0, 0.05) is 21.8 Å². The fourth-order valence-electron chi connectivity index (χ4n) is 12.4. The smallest absolute Gasteiger partial charge is 0.0713 e. The standard InChI is InChI=1S/C70H47NS/c1-5-17-53(18-6-1)69(54-19-7-2-8-20-54)64-27-15-13-25-60(64)62-46-51(33-40-66(62)69)49-31-37-58(38-32-49)71(57-35-29-48(30-36-57)50-34-42-68-52(45-50)43-44-72-68)59-39-41-67-63(47-59)61-26-14-16-28-65(61)70(67,55-21-9-3-10-22-55)56-23-11-4-12-24-56/h1-47H. The first-order valence-electron chi connectivity index (χ1n) is 24.9. The van der Waals surface area contributed by atoms with Crippen LogP contribution in [0.4, 0.5) is 17.1 Å². The largest absolute Gasteiger partial charge is 0.310 e. The molecule has 0 aliphatic heterocycles. The van der Waals surface area contributed by atoms with Gasteiger partial charge in [0.05, 0.1) is 10.8 Å². The molecule has 0 amide bonds. The van der Waals surface area contributed by atoms with E-state index in [1.165, 1.54) is 99.1 Å². The summed E-state index contributed by atoms with van der Waals surface area (Å²) in [6.07, 6.45) is 0. The van der Waals surface area contributed by atoms with Crippen molar-refractivity contribution in [1.82, 2.24) is 0 Å². The molecule has 0 bridgehead atoms. The molecule has 0 unspecified atom stereocenters. The minimum absolute atomic E-state index is 0.429. The van der Waals surface area contributed by atoms with Gasteiger partial charge in [-0.3, -0.25) is 0 Å². The van der Waals surface area contributed by atoms with Crippen LogP contribution in [0.5, 0.6) is 0 Å². The van der Waals surface area contributed by atoms with Gasteiger partial charge in [-0.05, 0) is 160 Å². The van der Waals surface area contributed by atoms with Crippen molar-refractivity contribution < 1.29 is 0 Å². The quantitative estimate of drug-likeness (QED) is 0.139. The highest BCUT2D eigenvalue weighted by Gasteiger charge is 2.47. The average Bonchev–Trinajstić information content (AvgIpc) is 4.15. The maximum absolute atomic E-state index is 2.43. The van der Waals surface area contributed by atoms with Crippen LogP contribution >= 0.6 is 11.3 Å². The summed E-state index contributed by atoms with van der Waals surface area (Å²) >= 11 is 1.79. The molecule has 2 aliphatic rings. The molecule has 338 valence electrons. The van der Waals surface area contributed by atoms with E-state index in [0.717, 1.165) is 17.1 Å². The summed E-state index contributed by atoms with van der Waals surface area (Å²) in [6.45, 7) is 0. The number of thiophene rings is 1. The SMILES string of the molecule is c1ccc(C2(c3ccccc3)c3ccccc3-c3cc(-c4ccc(N(c5ccc(-c6ccc7sccc7c6)cc5)c5ccc6c(c5)-c5ccccc5C6(c5ccccc5)c5ccccc5)cc4)ccc32)cc1. The van der Waals surface area contributed by atoms with Crippen molar-refractivity contribution in [2.75, 3.05) is 4.90 Å². The van der Waals surface area contributed by atoms with Gasteiger partial charge in [0.15, 0.2) is 0 Å². The van der Waals surface area contributed by atoms with E-state index in [0.29, 0.717) is 0 Å². The van der Waals surface area contributed by atoms with E-state index >= 15 is 0 Å². The number of rotatable bonds is 9. The lowest BCUT2D eigenvalue weighted by Gasteiger charge is -2.34. The third-order valence-corrected chi connectivity index (χ3v) is 16.4. The topological polar surface area (TPSA) is 3.24 Å². The number of nitrogens with zero attached hydrogens (tertiary/aromatic N) is 1. The van der Waals surface area contributed by atoms with Crippen molar-refractivity contribution >= 4 is 38.5 Å². The second kappa shape index (κ2) is 16.9. The maximum atomic E-state index is 2.43. The summed E-state index contributed by atoms with van der Waals surface area (Å²) in [7, 11) is 0. The Hall–Kier alpha value is -8.82. The van der Waals surface area contributed by atoms with Crippen LogP contribution < -0.4 is 4.90 Å². The lowest BCUT2D eigenvalue weighted by atomic mass is 9.67. The van der Waals surface area contributed by atoms with Gasteiger partial charge in [0.25, 0.3) is 0 Å². The fraction of sp³-hybridized carbons (Fsp3) is 0.0286. The first-order valence-corrected chi connectivity index (χ1v) is 25.8. The molecule has 11 aromatic carbocycles. The van der Waals surface area contributed by atoms with Crippen LogP contribution in [-0.4, -0.2) is 0 Å². The molecule has 2 aliphatic carbocycles. The maximum Gasteiger partial charge on any atom is 0.0713 e. The van der Waals surface area contributed by atoms with Crippen LogP contribution in [0.2, 0.25) is 0 Å². The second-order valence-electron chi connectivity index (χ2n) is 19.1. The molecule has 0 spiro atoms. The molecule has 0 saturated carbocycles. The summed E-state index contributed by atoms with van der Waals surface area (Å²) in [4.78, 5) is 2.43. The Morgan fingerprint density at radius 3 is 1.14 bits per heavy atom. The van der Waals surface area contributed by atoms with Gasteiger partial charge in [-0.2, -0.15) is 0 Å². The average molecular weight is 934 g/mol. The predicted octanol–water partition coefficient (Wildman–Crippen LogP) is 18.4. The number of fused-ring (bicyclic) bond motifs is 7. The van der Waals surface area contributed by atoms with Crippen molar-refractivity contribution in [3.63, 3.8) is 0 Å². The summed E-state index contributed by atoms with van der Waals surface area (Å²) in [5.41, 5.74) is 22.6. The molecule has 72 heavy (non-hydrogen) atoms. The van der Waals surface area contributed by atoms with Crippen molar-refractivity contribution in [1.29, 1.82) is 0 Å². The van der Waals surface area contributed by atoms with E-state index in [1.807, 2.05) is 0 Å². The Balaban J connectivity index is 0.906.